The van der Waals surface area contributed by atoms with Crippen LogP contribution >= 0.6 is 11.6 Å². The lowest BCUT2D eigenvalue weighted by Crippen LogP contribution is -2.22. The van der Waals surface area contributed by atoms with Crippen LogP contribution in [0.2, 0.25) is 5.02 Å². The Morgan fingerprint density at radius 3 is 2.77 bits per heavy atom. The Labute approximate surface area is 176 Å². The predicted molar refractivity (Wildman–Crippen MR) is 113 cm³/mol. The molecule has 0 aliphatic rings. The van der Waals surface area contributed by atoms with Crippen molar-refractivity contribution in [1.29, 1.82) is 0 Å². The Morgan fingerprint density at radius 2 is 2.03 bits per heavy atom. The maximum absolute atomic E-state index is 12.9. The van der Waals surface area contributed by atoms with Gasteiger partial charge in [-0.1, -0.05) is 17.7 Å². The fraction of sp³-hybridized carbons (Fsp3) is 0.0455. The van der Waals surface area contributed by atoms with Gasteiger partial charge < -0.3 is 19.6 Å². The smallest absolute Gasteiger partial charge is 0.262 e. The van der Waals surface area contributed by atoms with Crippen LogP contribution in [0.15, 0.2) is 76.3 Å². The second kappa shape index (κ2) is 8.26. The number of hydrogen-bond acceptors (Lipinski definition) is 6. The number of pyridine rings is 1. The highest BCUT2D eigenvalue weighted by Crippen LogP contribution is 2.28. The number of aromatic hydroxyl groups is 1. The molecule has 7 nitrogen and oxygen atoms in total. The number of aromatic nitrogens is 1. The minimum absolute atomic E-state index is 0.0374. The van der Waals surface area contributed by atoms with Crippen molar-refractivity contribution in [2.24, 2.45) is 4.99 Å². The van der Waals surface area contributed by atoms with Crippen LogP contribution in [0.1, 0.15) is 10.4 Å². The SMILES string of the molecule is COc1ccc(N=c2oc3cc(O)ccc3cc2C(=O)Nc2ccccn2)cc1Cl. The second-order valence-electron chi connectivity index (χ2n) is 6.29. The van der Waals surface area contributed by atoms with E-state index in [-0.39, 0.29) is 16.9 Å². The van der Waals surface area contributed by atoms with Crippen LogP contribution in [-0.4, -0.2) is 23.1 Å². The molecule has 8 heteroatoms. The van der Waals surface area contributed by atoms with Crippen molar-refractivity contribution in [3.63, 3.8) is 0 Å². The van der Waals surface area contributed by atoms with Crippen molar-refractivity contribution in [2.45, 2.75) is 0 Å². The zero-order valence-electron chi connectivity index (χ0n) is 15.8. The largest absolute Gasteiger partial charge is 0.508 e. The fourth-order valence-corrected chi connectivity index (χ4v) is 3.07. The van der Waals surface area contributed by atoms with Crippen molar-refractivity contribution >= 4 is 40.0 Å². The molecule has 0 bridgehead atoms. The highest BCUT2D eigenvalue weighted by atomic mass is 35.5. The maximum Gasteiger partial charge on any atom is 0.262 e. The summed E-state index contributed by atoms with van der Waals surface area (Å²) in [5.74, 6) is 0.497. The lowest BCUT2D eigenvalue weighted by Gasteiger charge is -2.07. The van der Waals surface area contributed by atoms with Crippen molar-refractivity contribution in [2.75, 3.05) is 12.4 Å². The number of halogens is 1. The number of carbonyl (C=O) groups is 1. The Hall–Kier alpha value is -3.84. The number of rotatable bonds is 4. The molecule has 150 valence electrons. The predicted octanol–water partition coefficient (Wildman–Crippen LogP) is 4.68. The summed E-state index contributed by atoms with van der Waals surface area (Å²) in [5.41, 5.74) is 1.10. The quantitative estimate of drug-likeness (QED) is 0.498. The van der Waals surface area contributed by atoms with E-state index in [2.05, 4.69) is 15.3 Å². The van der Waals surface area contributed by atoms with Gasteiger partial charge in [0, 0.05) is 17.6 Å². The summed E-state index contributed by atoms with van der Waals surface area (Å²) in [6, 6.07) is 16.4. The van der Waals surface area contributed by atoms with E-state index in [1.807, 2.05) is 0 Å². The number of amides is 1. The zero-order chi connectivity index (χ0) is 21.1. The molecule has 0 saturated heterocycles. The molecule has 0 atom stereocenters. The molecule has 0 fully saturated rings. The van der Waals surface area contributed by atoms with Gasteiger partial charge in [-0.25, -0.2) is 9.98 Å². The van der Waals surface area contributed by atoms with Gasteiger partial charge in [-0.3, -0.25) is 4.79 Å². The van der Waals surface area contributed by atoms with Crippen LogP contribution in [0.5, 0.6) is 11.5 Å². The minimum Gasteiger partial charge on any atom is -0.508 e. The number of methoxy groups -OCH3 is 1. The summed E-state index contributed by atoms with van der Waals surface area (Å²) in [7, 11) is 1.52. The molecule has 0 saturated carbocycles. The number of phenolic OH excluding ortho intramolecular Hbond substituents is 1. The van der Waals surface area contributed by atoms with Crippen molar-refractivity contribution in [3.8, 4) is 11.5 Å². The van der Waals surface area contributed by atoms with Crippen molar-refractivity contribution < 1.29 is 19.1 Å². The first kappa shape index (κ1) is 19.5. The fourth-order valence-electron chi connectivity index (χ4n) is 2.82. The molecule has 0 spiro atoms. The summed E-state index contributed by atoms with van der Waals surface area (Å²) in [4.78, 5) is 21.5. The average molecular weight is 422 g/mol. The van der Waals surface area contributed by atoms with Gasteiger partial charge >= 0.3 is 0 Å². The van der Waals surface area contributed by atoms with E-state index in [4.69, 9.17) is 20.8 Å². The molecule has 0 aliphatic carbocycles. The maximum atomic E-state index is 12.9. The number of fused-ring (bicyclic) bond motifs is 1. The molecule has 2 aromatic heterocycles. The molecule has 1 amide bonds. The highest BCUT2D eigenvalue weighted by Gasteiger charge is 2.14. The van der Waals surface area contributed by atoms with Gasteiger partial charge in [0.05, 0.1) is 17.8 Å². The second-order valence-corrected chi connectivity index (χ2v) is 6.69. The standard InChI is InChI=1S/C22H16ClN3O4/c1-29-18-8-6-14(11-17(18)23)25-22-16(21(28)26-20-4-2-3-9-24-20)10-13-5-7-15(27)12-19(13)30-22/h2-12,27H,1H3,(H,24,26,28). The summed E-state index contributed by atoms with van der Waals surface area (Å²) in [6.07, 6.45) is 1.58. The van der Waals surface area contributed by atoms with Crippen molar-refractivity contribution in [1.82, 2.24) is 4.98 Å². The number of phenols is 1. The molecular weight excluding hydrogens is 406 g/mol. The molecule has 4 aromatic rings. The number of benzene rings is 2. The monoisotopic (exact) mass is 421 g/mol. The topological polar surface area (TPSA) is 97.0 Å². The molecule has 2 heterocycles. The van der Waals surface area contributed by atoms with Gasteiger partial charge in [0.25, 0.3) is 5.91 Å². The molecular formula is C22H16ClN3O4. The third kappa shape index (κ3) is 4.11. The molecule has 2 N–H and O–H groups in total. The normalized spacial score (nSPS) is 11.5. The van der Waals surface area contributed by atoms with Crippen LogP contribution < -0.4 is 15.6 Å². The summed E-state index contributed by atoms with van der Waals surface area (Å²) in [6.45, 7) is 0. The van der Waals surface area contributed by atoms with Crippen LogP contribution in [0, 0.1) is 0 Å². The number of ether oxygens (including phenoxy) is 1. The van der Waals surface area contributed by atoms with E-state index >= 15 is 0 Å². The van der Waals surface area contributed by atoms with Crippen LogP contribution in [0.25, 0.3) is 11.0 Å². The van der Waals surface area contributed by atoms with E-state index in [0.29, 0.717) is 33.2 Å². The molecule has 0 aliphatic heterocycles. The molecule has 0 unspecified atom stereocenters. The van der Waals surface area contributed by atoms with Crippen LogP contribution in [0.3, 0.4) is 0 Å². The first-order chi connectivity index (χ1) is 14.5. The van der Waals surface area contributed by atoms with E-state index < -0.39 is 5.91 Å². The molecule has 2 aromatic carbocycles. The Bertz CT molecular complexity index is 1300. The number of nitrogens with one attached hydrogen (secondary N) is 1. The van der Waals surface area contributed by atoms with Gasteiger partial charge in [-0.05, 0) is 48.5 Å². The van der Waals surface area contributed by atoms with Gasteiger partial charge in [-0.2, -0.15) is 0 Å². The first-order valence-corrected chi connectivity index (χ1v) is 9.29. The summed E-state index contributed by atoms with van der Waals surface area (Å²) < 4.78 is 11.0. The van der Waals surface area contributed by atoms with Crippen LogP contribution in [0.4, 0.5) is 11.5 Å². The van der Waals surface area contributed by atoms with Gasteiger partial charge in [0.1, 0.15) is 28.5 Å². The number of anilines is 1. The van der Waals surface area contributed by atoms with Crippen LogP contribution in [-0.2, 0) is 0 Å². The summed E-state index contributed by atoms with van der Waals surface area (Å²) >= 11 is 6.19. The lowest BCUT2D eigenvalue weighted by molar-refractivity contribution is 0.102. The van der Waals surface area contributed by atoms with E-state index in [0.717, 1.165) is 0 Å². The van der Waals surface area contributed by atoms with Gasteiger partial charge in [0.2, 0.25) is 5.55 Å². The Balaban J connectivity index is 1.86. The lowest BCUT2D eigenvalue weighted by atomic mass is 10.1. The van der Waals surface area contributed by atoms with Crippen molar-refractivity contribution in [3.05, 3.63) is 83.0 Å². The zero-order valence-corrected chi connectivity index (χ0v) is 16.6. The average Bonchev–Trinajstić information content (AvgIpc) is 2.74. The Morgan fingerprint density at radius 1 is 1.17 bits per heavy atom. The van der Waals surface area contributed by atoms with E-state index in [1.165, 1.54) is 19.2 Å². The van der Waals surface area contributed by atoms with Gasteiger partial charge in [0.15, 0.2) is 0 Å². The first-order valence-electron chi connectivity index (χ1n) is 8.91. The van der Waals surface area contributed by atoms with E-state index in [9.17, 15) is 9.90 Å². The Kier molecular flexibility index (Phi) is 5.36. The third-order valence-corrected chi connectivity index (χ3v) is 4.55. The number of nitrogens with zero attached hydrogens (tertiary/aromatic N) is 2. The summed E-state index contributed by atoms with van der Waals surface area (Å²) in [5, 5.41) is 13.5. The molecule has 0 radical (unpaired) electrons. The molecule has 4 rings (SSSR count). The number of carbonyl (C=O) groups excluding carboxylic acids is 1. The molecule has 30 heavy (non-hydrogen) atoms. The minimum atomic E-state index is -0.439. The third-order valence-electron chi connectivity index (χ3n) is 4.25. The van der Waals surface area contributed by atoms with Gasteiger partial charge in [-0.15, -0.1) is 0 Å². The van der Waals surface area contributed by atoms with E-state index in [1.54, 1.807) is 54.7 Å². The highest BCUT2D eigenvalue weighted by molar-refractivity contribution is 6.32. The number of hydrogen-bond donors (Lipinski definition) is 2.